The average molecular weight is 266 g/mol. The SMILES string of the molecule is COc1nc(N)nc(Sc2nc(N)cc(N)n2)n1. The van der Waals surface area contributed by atoms with Crippen LogP contribution in [-0.4, -0.2) is 32.0 Å². The van der Waals surface area contributed by atoms with Gasteiger partial charge in [-0.2, -0.15) is 15.0 Å². The van der Waals surface area contributed by atoms with Gasteiger partial charge in [-0.1, -0.05) is 0 Å². The van der Waals surface area contributed by atoms with E-state index < -0.39 is 0 Å². The van der Waals surface area contributed by atoms with Gasteiger partial charge in [-0.05, 0) is 11.8 Å². The van der Waals surface area contributed by atoms with Crippen LogP contribution in [-0.2, 0) is 0 Å². The van der Waals surface area contributed by atoms with Gasteiger partial charge in [0.1, 0.15) is 11.6 Å². The third kappa shape index (κ3) is 2.85. The summed E-state index contributed by atoms with van der Waals surface area (Å²) in [6.07, 6.45) is 0. The van der Waals surface area contributed by atoms with Crippen LogP contribution < -0.4 is 21.9 Å². The van der Waals surface area contributed by atoms with E-state index in [0.717, 1.165) is 11.8 Å². The highest BCUT2D eigenvalue weighted by atomic mass is 32.2. The van der Waals surface area contributed by atoms with E-state index in [2.05, 4.69) is 24.9 Å². The number of hydrogen-bond acceptors (Lipinski definition) is 10. The van der Waals surface area contributed by atoms with Crippen molar-refractivity contribution in [2.75, 3.05) is 24.3 Å². The van der Waals surface area contributed by atoms with E-state index in [0.29, 0.717) is 10.3 Å². The molecule has 10 heteroatoms. The van der Waals surface area contributed by atoms with E-state index in [1.54, 1.807) is 0 Å². The lowest BCUT2D eigenvalue weighted by Gasteiger charge is -2.03. The third-order valence-electron chi connectivity index (χ3n) is 1.72. The number of anilines is 3. The van der Waals surface area contributed by atoms with Gasteiger partial charge in [-0.25, -0.2) is 9.97 Å². The molecule has 0 aliphatic rings. The summed E-state index contributed by atoms with van der Waals surface area (Å²) in [7, 11) is 1.43. The van der Waals surface area contributed by atoms with Crippen LogP contribution >= 0.6 is 11.8 Å². The van der Waals surface area contributed by atoms with Crippen molar-refractivity contribution in [2.45, 2.75) is 10.3 Å². The number of ether oxygens (including phenoxy) is 1. The van der Waals surface area contributed by atoms with Gasteiger partial charge >= 0.3 is 6.01 Å². The Morgan fingerprint density at radius 1 is 0.944 bits per heavy atom. The maximum atomic E-state index is 5.55. The maximum absolute atomic E-state index is 5.55. The van der Waals surface area contributed by atoms with Gasteiger partial charge in [0.2, 0.25) is 11.1 Å². The van der Waals surface area contributed by atoms with Gasteiger partial charge in [0.25, 0.3) is 0 Å². The van der Waals surface area contributed by atoms with E-state index >= 15 is 0 Å². The number of hydrogen-bond donors (Lipinski definition) is 3. The fourth-order valence-corrected chi connectivity index (χ4v) is 1.81. The summed E-state index contributed by atoms with van der Waals surface area (Å²) in [5.41, 5.74) is 16.6. The Hall–Kier alpha value is -2.36. The van der Waals surface area contributed by atoms with Crippen LogP contribution in [0.4, 0.5) is 17.6 Å². The molecule has 0 amide bonds. The molecular formula is C8H10N8OS. The molecule has 6 N–H and O–H groups in total. The molecule has 0 saturated heterocycles. The number of nitrogens with two attached hydrogens (primary N) is 3. The van der Waals surface area contributed by atoms with Crippen molar-refractivity contribution < 1.29 is 4.74 Å². The molecular weight excluding hydrogens is 256 g/mol. The van der Waals surface area contributed by atoms with Crippen LogP contribution in [0.5, 0.6) is 6.01 Å². The molecule has 0 aliphatic carbocycles. The summed E-state index contributed by atoms with van der Waals surface area (Å²) in [6, 6.07) is 1.56. The number of nitrogen functional groups attached to an aromatic ring is 3. The highest BCUT2D eigenvalue weighted by Gasteiger charge is 2.09. The third-order valence-corrected chi connectivity index (χ3v) is 2.45. The fraction of sp³-hybridized carbons (Fsp3) is 0.125. The minimum absolute atomic E-state index is 0.0428. The van der Waals surface area contributed by atoms with Crippen LogP contribution in [0.1, 0.15) is 0 Å². The highest BCUT2D eigenvalue weighted by Crippen LogP contribution is 2.24. The van der Waals surface area contributed by atoms with E-state index in [4.69, 9.17) is 21.9 Å². The Bertz CT molecular complexity index is 557. The first-order valence-electron chi connectivity index (χ1n) is 4.70. The molecule has 2 heterocycles. The first kappa shape index (κ1) is 12.1. The Balaban J connectivity index is 2.30. The summed E-state index contributed by atoms with van der Waals surface area (Å²) in [5, 5.41) is 0.615. The highest BCUT2D eigenvalue weighted by molar-refractivity contribution is 7.99. The predicted octanol–water partition coefficient (Wildman–Crippen LogP) is -0.432. The normalized spacial score (nSPS) is 10.3. The standard InChI is InChI=1S/C8H10N8OS/c1-17-6-14-5(11)15-8(16-6)18-7-12-3(9)2-4(10)13-7/h2H,1H3,(H4,9,10,12,13)(H2,11,14,15,16). The van der Waals surface area contributed by atoms with Gasteiger partial charge < -0.3 is 21.9 Å². The molecule has 0 fully saturated rings. The zero-order valence-corrected chi connectivity index (χ0v) is 10.2. The average Bonchev–Trinajstić information content (AvgIpc) is 2.26. The van der Waals surface area contributed by atoms with E-state index in [9.17, 15) is 0 Å². The van der Waals surface area contributed by atoms with Crippen molar-refractivity contribution in [1.82, 2.24) is 24.9 Å². The molecule has 0 unspecified atom stereocenters. The zero-order valence-electron chi connectivity index (χ0n) is 9.36. The van der Waals surface area contributed by atoms with Gasteiger partial charge in [0, 0.05) is 6.07 Å². The van der Waals surface area contributed by atoms with Crippen LogP contribution in [0, 0.1) is 0 Å². The van der Waals surface area contributed by atoms with E-state index in [1.807, 2.05) is 0 Å². The van der Waals surface area contributed by atoms with E-state index in [1.165, 1.54) is 13.2 Å². The predicted molar refractivity (Wildman–Crippen MR) is 65.8 cm³/mol. The van der Waals surface area contributed by atoms with Gasteiger partial charge in [0.15, 0.2) is 5.16 Å². The topological polar surface area (TPSA) is 152 Å². The van der Waals surface area contributed by atoms with Crippen molar-refractivity contribution >= 4 is 29.3 Å². The Morgan fingerprint density at radius 3 is 2.17 bits per heavy atom. The number of aromatic nitrogens is 5. The molecule has 2 aromatic rings. The van der Waals surface area contributed by atoms with Crippen molar-refractivity contribution in [3.63, 3.8) is 0 Å². The summed E-state index contributed by atoms with van der Waals surface area (Å²) < 4.78 is 4.88. The Labute approximate surface area is 106 Å². The fourth-order valence-electron chi connectivity index (χ4n) is 1.08. The minimum atomic E-state index is 0.0428. The largest absolute Gasteiger partial charge is 0.467 e. The lowest BCUT2D eigenvalue weighted by Crippen LogP contribution is -2.03. The lowest BCUT2D eigenvalue weighted by atomic mass is 10.5. The van der Waals surface area contributed by atoms with Gasteiger partial charge in [-0.3, -0.25) is 0 Å². The maximum Gasteiger partial charge on any atom is 0.321 e. The van der Waals surface area contributed by atoms with Gasteiger partial charge in [-0.15, -0.1) is 0 Å². The van der Waals surface area contributed by atoms with Crippen LogP contribution in [0.2, 0.25) is 0 Å². The zero-order chi connectivity index (χ0) is 13.1. The van der Waals surface area contributed by atoms with Crippen LogP contribution in [0.15, 0.2) is 16.4 Å². The minimum Gasteiger partial charge on any atom is -0.467 e. The summed E-state index contributed by atoms with van der Waals surface area (Å²) in [5.74, 6) is 0.569. The number of rotatable bonds is 3. The molecule has 9 nitrogen and oxygen atoms in total. The first-order valence-corrected chi connectivity index (χ1v) is 5.52. The first-order chi connectivity index (χ1) is 8.56. The molecule has 0 aromatic carbocycles. The summed E-state index contributed by atoms with van der Waals surface area (Å²) in [6.45, 7) is 0. The monoisotopic (exact) mass is 266 g/mol. The van der Waals surface area contributed by atoms with Crippen molar-refractivity contribution in [3.8, 4) is 6.01 Å². The van der Waals surface area contributed by atoms with Crippen molar-refractivity contribution in [1.29, 1.82) is 0 Å². The molecule has 0 radical (unpaired) electrons. The van der Waals surface area contributed by atoms with E-state index in [-0.39, 0.29) is 23.6 Å². The molecule has 2 rings (SSSR count). The molecule has 0 saturated carbocycles. The molecule has 0 atom stereocenters. The van der Waals surface area contributed by atoms with Crippen LogP contribution in [0.3, 0.4) is 0 Å². The second-order valence-electron chi connectivity index (χ2n) is 3.07. The summed E-state index contributed by atoms with van der Waals surface area (Å²) >= 11 is 1.06. The van der Waals surface area contributed by atoms with Crippen molar-refractivity contribution in [2.24, 2.45) is 0 Å². The quantitative estimate of drug-likeness (QED) is 0.623. The lowest BCUT2D eigenvalue weighted by molar-refractivity contribution is 0.374. The summed E-state index contributed by atoms with van der Waals surface area (Å²) in [4.78, 5) is 19.6. The molecule has 94 valence electrons. The second-order valence-corrected chi connectivity index (χ2v) is 4.00. The molecule has 0 spiro atoms. The smallest absolute Gasteiger partial charge is 0.321 e. The molecule has 18 heavy (non-hydrogen) atoms. The molecule has 2 aromatic heterocycles. The number of nitrogens with zero attached hydrogens (tertiary/aromatic N) is 5. The second kappa shape index (κ2) is 4.87. The Kier molecular flexibility index (Phi) is 3.28. The Morgan fingerprint density at radius 2 is 1.56 bits per heavy atom. The van der Waals surface area contributed by atoms with Crippen molar-refractivity contribution in [3.05, 3.63) is 6.07 Å². The van der Waals surface area contributed by atoms with Crippen LogP contribution in [0.25, 0.3) is 0 Å². The molecule has 0 aliphatic heterocycles. The number of methoxy groups -OCH3 is 1. The molecule has 0 bridgehead atoms. The van der Waals surface area contributed by atoms with Gasteiger partial charge in [0.05, 0.1) is 7.11 Å².